The first-order valence-corrected chi connectivity index (χ1v) is 8.14. The summed E-state index contributed by atoms with van der Waals surface area (Å²) in [4.78, 5) is 16.8. The first-order chi connectivity index (χ1) is 10.5. The molecular weight excluding hydrogens is 280 g/mol. The summed E-state index contributed by atoms with van der Waals surface area (Å²) in [5.41, 5.74) is 0. The van der Waals surface area contributed by atoms with Crippen LogP contribution in [0, 0.1) is 0 Å². The molecule has 0 radical (unpaired) electrons. The van der Waals surface area contributed by atoms with E-state index in [2.05, 4.69) is 46.1 Å². The van der Waals surface area contributed by atoms with Crippen molar-refractivity contribution in [2.24, 2.45) is 0 Å². The SMILES string of the molecule is CCN1CCN(CC(=O)NC(C)c2nncn2C(C)C)CC1. The average molecular weight is 308 g/mol. The largest absolute Gasteiger partial charge is 0.345 e. The Labute approximate surface area is 132 Å². The Morgan fingerprint density at radius 2 is 1.86 bits per heavy atom. The zero-order valence-electron chi connectivity index (χ0n) is 14.1. The van der Waals surface area contributed by atoms with Gasteiger partial charge in [0.1, 0.15) is 6.33 Å². The fourth-order valence-corrected chi connectivity index (χ4v) is 2.78. The second-order valence-electron chi connectivity index (χ2n) is 6.19. The van der Waals surface area contributed by atoms with Gasteiger partial charge in [0.2, 0.25) is 5.91 Å². The summed E-state index contributed by atoms with van der Waals surface area (Å²) in [6.45, 7) is 13.8. The molecule has 0 saturated carbocycles. The normalized spacial score (nSPS) is 18.6. The fraction of sp³-hybridized carbons (Fsp3) is 0.800. The van der Waals surface area contributed by atoms with Crippen LogP contribution in [0.25, 0.3) is 0 Å². The topological polar surface area (TPSA) is 66.3 Å². The standard InChI is InChI=1S/C15H28N6O/c1-5-19-6-8-20(9-7-19)10-14(22)17-13(4)15-18-16-11-21(15)12(2)3/h11-13H,5-10H2,1-4H3,(H,17,22). The fourth-order valence-electron chi connectivity index (χ4n) is 2.78. The molecule has 1 saturated heterocycles. The first-order valence-electron chi connectivity index (χ1n) is 8.14. The number of amides is 1. The van der Waals surface area contributed by atoms with Gasteiger partial charge in [-0.3, -0.25) is 9.69 Å². The van der Waals surface area contributed by atoms with Gasteiger partial charge in [-0.15, -0.1) is 10.2 Å². The molecule has 1 aliphatic rings. The maximum Gasteiger partial charge on any atom is 0.234 e. The van der Waals surface area contributed by atoms with Crippen LogP contribution in [0.1, 0.15) is 45.6 Å². The molecule has 1 aromatic rings. The molecule has 0 aliphatic carbocycles. The van der Waals surface area contributed by atoms with E-state index in [1.165, 1.54) is 0 Å². The lowest BCUT2D eigenvalue weighted by Crippen LogP contribution is -2.49. The number of hydrogen-bond donors (Lipinski definition) is 1. The van der Waals surface area contributed by atoms with Gasteiger partial charge in [0.15, 0.2) is 5.82 Å². The summed E-state index contributed by atoms with van der Waals surface area (Å²) < 4.78 is 1.99. The third-order valence-corrected chi connectivity index (χ3v) is 4.20. The number of hydrogen-bond acceptors (Lipinski definition) is 5. The monoisotopic (exact) mass is 308 g/mol. The number of carbonyl (C=O) groups excluding carboxylic acids is 1. The number of carbonyl (C=O) groups is 1. The zero-order chi connectivity index (χ0) is 16.1. The highest BCUT2D eigenvalue weighted by Crippen LogP contribution is 2.14. The molecule has 7 nitrogen and oxygen atoms in total. The van der Waals surface area contributed by atoms with Crippen LogP contribution in [0.2, 0.25) is 0 Å². The summed E-state index contributed by atoms with van der Waals surface area (Å²) in [6.07, 6.45) is 1.71. The van der Waals surface area contributed by atoms with Gasteiger partial charge in [-0.2, -0.15) is 0 Å². The van der Waals surface area contributed by atoms with E-state index in [4.69, 9.17) is 0 Å². The van der Waals surface area contributed by atoms with Crippen molar-refractivity contribution in [1.29, 1.82) is 0 Å². The molecule has 2 rings (SSSR count). The van der Waals surface area contributed by atoms with Gasteiger partial charge in [0.05, 0.1) is 12.6 Å². The summed E-state index contributed by atoms with van der Waals surface area (Å²) in [6, 6.07) is 0.154. The van der Waals surface area contributed by atoms with Crippen molar-refractivity contribution in [2.45, 2.75) is 39.8 Å². The van der Waals surface area contributed by atoms with Crippen LogP contribution in [0.15, 0.2) is 6.33 Å². The molecule has 1 aromatic heterocycles. The van der Waals surface area contributed by atoms with Gasteiger partial charge < -0.3 is 14.8 Å². The minimum atomic E-state index is -0.130. The van der Waals surface area contributed by atoms with Crippen molar-refractivity contribution in [3.63, 3.8) is 0 Å². The molecule has 124 valence electrons. The van der Waals surface area contributed by atoms with E-state index in [0.29, 0.717) is 6.54 Å². The van der Waals surface area contributed by atoms with Gasteiger partial charge in [0, 0.05) is 32.2 Å². The molecule has 0 spiro atoms. The van der Waals surface area contributed by atoms with E-state index in [-0.39, 0.29) is 18.0 Å². The number of piperazine rings is 1. The van der Waals surface area contributed by atoms with Crippen molar-refractivity contribution in [3.05, 3.63) is 12.2 Å². The Bertz CT molecular complexity index is 478. The molecule has 1 amide bonds. The highest BCUT2D eigenvalue weighted by Gasteiger charge is 2.21. The van der Waals surface area contributed by atoms with Gasteiger partial charge in [0.25, 0.3) is 0 Å². The summed E-state index contributed by atoms with van der Waals surface area (Å²) in [5, 5.41) is 11.1. The van der Waals surface area contributed by atoms with Crippen LogP contribution in [0.4, 0.5) is 0 Å². The molecule has 1 N–H and O–H groups in total. The highest BCUT2D eigenvalue weighted by molar-refractivity contribution is 5.78. The zero-order valence-corrected chi connectivity index (χ0v) is 14.1. The lowest BCUT2D eigenvalue weighted by molar-refractivity contribution is -0.123. The minimum Gasteiger partial charge on any atom is -0.345 e. The van der Waals surface area contributed by atoms with Gasteiger partial charge in [-0.05, 0) is 27.3 Å². The number of nitrogens with one attached hydrogen (secondary N) is 1. The smallest absolute Gasteiger partial charge is 0.234 e. The van der Waals surface area contributed by atoms with Crippen molar-refractivity contribution in [2.75, 3.05) is 39.3 Å². The van der Waals surface area contributed by atoms with E-state index in [9.17, 15) is 4.79 Å². The highest BCUT2D eigenvalue weighted by atomic mass is 16.2. The maximum absolute atomic E-state index is 12.2. The Morgan fingerprint density at radius 1 is 1.23 bits per heavy atom. The Morgan fingerprint density at radius 3 is 2.45 bits per heavy atom. The maximum atomic E-state index is 12.2. The van der Waals surface area contributed by atoms with Gasteiger partial charge in [-0.25, -0.2) is 0 Å². The van der Waals surface area contributed by atoms with E-state index >= 15 is 0 Å². The number of rotatable bonds is 6. The van der Waals surface area contributed by atoms with Crippen molar-refractivity contribution in [3.8, 4) is 0 Å². The number of aromatic nitrogens is 3. The number of nitrogens with zero attached hydrogens (tertiary/aromatic N) is 5. The van der Waals surface area contributed by atoms with Crippen molar-refractivity contribution < 1.29 is 4.79 Å². The molecule has 1 unspecified atom stereocenters. The third kappa shape index (κ3) is 4.27. The summed E-state index contributed by atoms with van der Waals surface area (Å²) in [5.74, 6) is 0.856. The van der Waals surface area contributed by atoms with Crippen LogP contribution in [0.3, 0.4) is 0 Å². The lowest BCUT2D eigenvalue weighted by Gasteiger charge is -2.33. The molecular formula is C15H28N6O. The second-order valence-corrected chi connectivity index (χ2v) is 6.19. The van der Waals surface area contributed by atoms with Crippen LogP contribution < -0.4 is 5.32 Å². The summed E-state index contributed by atoms with van der Waals surface area (Å²) in [7, 11) is 0. The molecule has 0 bridgehead atoms. The van der Waals surface area contributed by atoms with Crippen LogP contribution >= 0.6 is 0 Å². The minimum absolute atomic E-state index is 0.0516. The molecule has 2 heterocycles. The molecule has 0 aromatic carbocycles. The molecule has 22 heavy (non-hydrogen) atoms. The van der Waals surface area contributed by atoms with Crippen LogP contribution in [-0.2, 0) is 4.79 Å². The lowest BCUT2D eigenvalue weighted by atomic mass is 10.2. The molecule has 1 fully saturated rings. The predicted octanol–water partition coefficient (Wildman–Crippen LogP) is 0.674. The van der Waals surface area contributed by atoms with E-state index in [1.54, 1.807) is 6.33 Å². The van der Waals surface area contributed by atoms with Crippen molar-refractivity contribution >= 4 is 5.91 Å². The first kappa shape index (κ1) is 16.9. The van der Waals surface area contributed by atoms with Crippen LogP contribution in [-0.4, -0.2) is 69.7 Å². The molecule has 7 heteroatoms. The third-order valence-electron chi connectivity index (χ3n) is 4.20. The Balaban J connectivity index is 1.83. The Hall–Kier alpha value is -1.47. The van der Waals surface area contributed by atoms with E-state index in [1.807, 2.05) is 11.5 Å². The summed E-state index contributed by atoms with van der Waals surface area (Å²) >= 11 is 0. The van der Waals surface area contributed by atoms with E-state index < -0.39 is 0 Å². The quantitative estimate of drug-likeness (QED) is 0.837. The molecule has 1 atom stereocenters. The predicted molar refractivity (Wildman–Crippen MR) is 85.5 cm³/mol. The van der Waals surface area contributed by atoms with Crippen LogP contribution in [0.5, 0.6) is 0 Å². The van der Waals surface area contributed by atoms with E-state index in [0.717, 1.165) is 38.5 Å². The van der Waals surface area contributed by atoms with Gasteiger partial charge in [-0.1, -0.05) is 6.92 Å². The van der Waals surface area contributed by atoms with Crippen molar-refractivity contribution in [1.82, 2.24) is 29.9 Å². The number of likely N-dealkylation sites (N-methyl/N-ethyl adjacent to an activating group) is 1. The molecule has 1 aliphatic heterocycles. The second kappa shape index (κ2) is 7.69. The average Bonchev–Trinajstić information content (AvgIpc) is 2.97. The Kier molecular flexibility index (Phi) is 5.90. The van der Waals surface area contributed by atoms with Gasteiger partial charge >= 0.3 is 0 Å².